The molecule has 0 amide bonds. The van der Waals surface area contributed by atoms with Crippen LogP contribution in [0.3, 0.4) is 0 Å². The maximum absolute atomic E-state index is 11.7. The van der Waals surface area contributed by atoms with Gasteiger partial charge in [0.05, 0.1) is 12.3 Å². The summed E-state index contributed by atoms with van der Waals surface area (Å²) >= 11 is 0. The van der Waals surface area contributed by atoms with Crippen molar-refractivity contribution in [1.82, 2.24) is 4.98 Å². The minimum absolute atomic E-state index is 0.257. The Hall–Kier alpha value is -1.36. The van der Waals surface area contributed by atoms with Crippen molar-refractivity contribution in [3.05, 3.63) is 17.3 Å². The van der Waals surface area contributed by atoms with E-state index in [0.717, 1.165) is 26.1 Å². The zero-order valence-electron chi connectivity index (χ0n) is 10.9. The van der Waals surface area contributed by atoms with Crippen molar-refractivity contribution >= 4 is 5.97 Å². The molecule has 1 aliphatic heterocycles. The summed E-state index contributed by atoms with van der Waals surface area (Å²) in [5.74, 6) is 0.756. The molecule has 0 atom stereocenters. The lowest BCUT2D eigenvalue weighted by molar-refractivity contribution is 0.0480. The van der Waals surface area contributed by atoms with Gasteiger partial charge in [-0.15, -0.1) is 0 Å². The second-order valence-electron chi connectivity index (χ2n) is 4.29. The van der Waals surface area contributed by atoms with Crippen LogP contribution in [0.15, 0.2) is 4.42 Å². The Labute approximate surface area is 106 Å². The summed E-state index contributed by atoms with van der Waals surface area (Å²) in [6, 6.07) is 0. The monoisotopic (exact) mass is 253 g/mol. The van der Waals surface area contributed by atoms with E-state index in [1.165, 1.54) is 0 Å². The lowest BCUT2D eigenvalue weighted by atomic mass is 10.0. The predicted octanol–water partition coefficient (Wildman–Crippen LogP) is 2.31. The van der Waals surface area contributed by atoms with Crippen LogP contribution in [-0.4, -0.2) is 30.8 Å². The molecule has 0 radical (unpaired) electrons. The summed E-state index contributed by atoms with van der Waals surface area (Å²) in [6.45, 7) is 5.52. The normalized spacial score (nSPS) is 16.8. The molecule has 0 N–H and O–H groups in total. The van der Waals surface area contributed by atoms with Gasteiger partial charge in [0.2, 0.25) is 5.76 Å². The number of esters is 1. The summed E-state index contributed by atoms with van der Waals surface area (Å²) in [7, 11) is 0. The van der Waals surface area contributed by atoms with E-state index in [-0.39, 0.29) is 11.7 Å². The van der Waals surface area contributed by atoms with Gasteiger partial charge in [0.15, 0.2) is 5.89 Å². The molecular formula is C13H19NO4. The molecule has 1 aromatic rings. The molecule has 0 unspecified atom stereocenters. The summed E-state index contributed by atoms with van der Waals surface area (Å²) < 4.78 is 15.9. The molecule has 0 bridgehead atoms. The van der Waals surface area contributed by atoms with Crippen LogP contribution in [0.5, 0.6) is 0 Å². The van der Waals surface area contributed by atoms with Crippen molar-refractivity contribution in [3.8, 4) is 0 Å². The SMILES string of the molecule is CCOC(=O)c1oc(C2CCOCC2)nc1CC. The van der Waals surface area contributed by atoms with Crippen LogP contribution in [0.25, 0.3) is 0 Å². The predicted molar refractivity (Wildman–Crippen MR) is 64.6 cm³/mol. The second kappa shape index (κ2) is 6.00. The summed E-state index contributed by atoms with van der Waals surface area (Å²) in [4.78, 5) is 16.2. The van der Waals surface area contributed by atoms with Gasteiger partial charge in [-0.2, -0.15) is 0 Å². The molecule has 18 heavy (non-hydrogen) atoms. The minimum atomic E-state index is -0.417. The molecule has 0 spiro atoms. The largest absolute Gasteiger partial charge is 0.460 e. The van der Waals surface area contributed by atoms with Gasteiger partial charge >= 0.3 is 5.97 Å². The van der Waals surface area contributed by atoms with Gasteiger partial charge in [-0.05, 0) is 26.2 Å². The van der Waals surface area contributed by atoms with Crippen LogP contribution in [0.1, 0.15) is 54.7 Å². The van der Waals surface area contributed by atoms with Crippen molar-refractivity contribution in [2.45, 2.75) is 39.0 Å². The molecule has 0 aliphatic carbocycles. The first kappa shape index (κ1) is 13.1. The maximum atomic E-state index is 11.7. The molecular weight excluding hydrogens is 234 g/mol. The van der Waals surface area contributed by atoms with Gasteiger partial charge in [0.1, 0.15) is 0 Å². The van der Waals surface area contributed by atoms with Crippen LogP contribution in [0.2, 0.25) is 0 Å². The summed E-state index contributed by atoms with van der Waals surface area (Å²) in [6.07, 6.45) is 2.46. The van der Waals surface area contributed by atoms with Crippen molar-refractivity contribution in [2.75, 3.05) is 19.8 Å². The number of carbonyl (C=O) groups is 1. The molecule has 0 saturated carbocycles. The molecule has 1 saturated heterocycles. The van der Waals surface area contributed by atoms with E-state index >= 15 is 0 Å². The molecule has 5 nitrogen and oxygen atoms in total. The van der Waals surface area contributed by atoms with E-state index in [1.807, 2.05) is 6.92 Å². The number of aromatic nitrogens is 1. The van der Waals surface area contributed by atoms with Crippen molar-refractivity contribution in [3.63, 3.8) is 0 Å². The first-order chi connectivity index (χ1) is 8.76. The number of hydrogen-bond acceptors (Lipinski definition) is 5. The van der Waals surface area contributed by atoms with Crippen LogP contribution in [0, 0.1) is 0 Å². The molecule has 100 valence electrons. The zero-order chi connectivity index (χ0) is 13.0. The highest BCUT2D eigenvalue weighted by Gasteiger charge is 2.26. The zero-order valence-corrected chi connectivity index (χ0v) is 10.9. The Balaban J connectivity index is 2.19. The first-order valence-corrected chi connectivity index (χ1v) is 6.50. The topological polar surface area (TPSA) is 61.6 Å². The number of rotatable bonds is 4. The Morgan fingerprint density at radius 3 is 2.72 bits per heavy atom. The van der Waals surface area contributed by atoms with Gasteiger partial charge < -0.3 is 13.9 Å². The number of aryl methyl sites for hydroxylation is 1. The smallest absolute Gasteiger partial charge is 0.376 e. The Bertz CT molecular complexity index is 407. The van der Waals surface area contributed by atoms with Crippen LogP contribution < -0.4 is 0 Å². The molecule has 1 fully saturated rings. The lowest BCUT2D eigenvalue weighted by Crippen LogP contribution is -2.14. The van der Waals surface area contributed by atoms with Gasteiger partial charge in [-0.1, -0.05) is 6.92 Å². The average molecular weight is 253 g/mol. The molecule has 1 aliphatic rings. The first-order valence-electron chi connectivity index (χ1n) is 6.50. The number of hydrogen-bond donors (Lipinski definition) is 0. The highest BCUT2D eigenvalue weighted by atomic mass is 16.5. The molecule has 5 heteroatoms. The fourth-order valence-electron chi connectivity index (χ4n) is 2.08. The second-order valence-corrected chi connectivity index (χ2v) is 4.29. The third-order valence-electron chi connectivity index (χ3n) is 3.08. The molecule has 2 heterocycles. The Morgan fingerprint density at radius 2 is 2.11 bits per heavy atom. The number of oxazole rings is 1. The Kier molecular flexibility index (Phi) is 4.36. The van der Waals surface area contributed by atoms with Crippen molar-refractivity contribution in [1.29, 1.82) is 0 Å². The average Bonchev–Trinajstić information content (AvgIpc) is 2.84. The van der Waals surface area contributed by atoms with Gasteiger partial charge in [-0.25, -0.2) is 9.78 Å². The molecule has 2 rings (SSSR count). The molecule has 1 aromatic heterocycles. The van der Waals surface area contributed by atoms with Crippen molar-refractivity contribution < 1.29 is 18.7 Å². The lowest BCUT2D eigenvalue weighted by Gasteiger charge is -2.18. The summed E-state index contributed by atoms with van der Waals surface area (Å²) in [5, 5.41) is 0. The highest BCUT2D eigenvalue weighted by Crippen LogP contribution is 2.28. The van der Waals surface area contributed by atoms with E-state index in [2.05, 4.69) is 4.98 Å². The van der Waals surface area contributed by atoms with Crippen molar-refractivity contribution in [2.24, 2.45) is 0 Å². The Morgan fingerprint density at radius 1 is 1.39 bits per heavy atom. The fraction of sp³-hybridized carbons (Fsp3) is 0.692. The van der Waals surface area contributed by atoms with Crippen LogP contribution in [-0.2, 0) is 15.9 Å². The minimum Gasteiger partial charge on any atom is -0.460 e. The van der Waals surface area contributed by atoms with E-state index in [9.17, 15) is 4.79 Å². The third-order valence-corrected chi connectivity index (χ3v) is 3.08. The van der Waals surface area contributed by atoms with E-state index in [1.54, 1.807) is 6.92 Å². The van der Waals surface area contributed by atoms with E-state index < -0.39 is 5.97 Å². The standard InChI is InChI=1S/C13H19NO4/c1-3-10-11(13(15)17-4-2)18-12(14-10)9-5-7-16-8-6-9/h9H,3-8H2,1-2H3. The van der Waals surface area contributed by atoms with E-state index in [0.29, 0.717) is 24.6 Å². The van der Waals surface area contributed by atoms with E-state index in [4.69, 9.17) is 13.9 Å². The summed E-state index contributed by atoms with van der Waals surface area (Å²) in [5.41, 5.74) is 0.690. The number of carbonyl (C=O) groups excluding carboxylic acids is 1. The van der Waals surface area contributed by atoms with Gasteiger partial charge in [0, 0.05) is 19.1 Å². The van der Waals surface area contributed by atoms with Gasteiger partial charge in [0.25, 0.3) is 0 Å². The molecule has 0 aromatic carbocycles. The number of ether oxygens (including phenoxy) is 2. The van der Waals surface area contributed by atoms with Crippen LogP contribution in [0.4, 0.5) is 0 Å². The van der Waals surface area contributed by atoms with Crippen LogP contribution >= 0.6 is 0 Å². The number of nitrogens with zero attached hydrogens (tertiary/aromatic N) is 1. The maximum Gasteiger partial charge on any atom is 0.376 e. The third kappa shape index (κ3) is 2.72. The van der Waals surface area contributed by atoms with Gasteiger partial charge in [-0.3, -0.25) is 0 Å². The quantitative estimate of drug-likeness (QED) is 0.770. The highest BCUT2D eigenvalue weighted by molar-refractivity contribution is 5.87. The fourth-order valence-corrected chi connectivity index (χ4v) is 2.08.